The molecule has 2 aliphatic heterocycles. The Bertz CT molecular complexity index is 1530. The highest BCUT2D eigenvalue weighted by Crippen LogP contribution is 2.54. The van der Waals surface area contributed by atoms with E-state index in [2.05, 4.69) is 20.4 Å². The Morgan fingerprint density at radius 3 is 2.81 bits per heavy atom. The summed E-state index contributed by atoms with van der Waals surface area (Å²) in [6, 6.07) is 8.27. The van der Waals surface area contributed by atoms with E-state index in [1.54, 1.807) is 54.0 Å². The summed E-state index contributed by atoms with van der Waals surface area (Å²) in [5.74, 6) is 0.0355. The fraction of sp³-hybridized carbons (Fsp3) is 0.280. The Morgan fingerprint density at radius 1 is 1.35 bits per heavy atom. The van der Waals surface area contributed by atoms with Crippen LogP contribution in [0.25, 0.3) is 10.6 Å². The summed E-state index contributed by atoms with van der Waals surface area (Å²) < 4.78 is 22.2. The molecule has 0 radical (unpaired) electrons. The Hall–Kier alpha value is -3.38. The van der Waals surface area contributed by atoms with Gasteiger partial charge in [0, 0.05) is 23.0 Å². The topological polar surface area (TPSA) is 105 Å². The zero-order valence-electron chi connectivity index (χ0n) is 19.9. The molecule has 1 unspecified atom stereocenters. The number of ether oxygens (including phenoxy) is 1. The molecule has 4 aromatic rings. The third-order valence-corrected chi connectivity index (χ3v) is 8.61. The third-order valence-electron chi connectivity index (χ3n) is 6.88. The van der Waals surface area contributed by atoms with Crippen LogP contribution in [0.15, 0.2) is 42.7 Å². The van der Waals surface area contributed by atoms with Gasteiger partial charge < -0.3 is 20.1 Å². The maximum atomic E-state index is 15.0. The number of hydrogen-bond acceptors (Lipinski definition) is 8. The number of aromatic nitrogens is 4. The summed E-state index contributed by atoms with van der Waals surface area (Å²) in [7, 11) is 1.77. The number of aliphatic hydroxyl groups excluding tert-OH is 1. The molecular weight excluding hydrogens is 519 g/mol. The van der Waals surface area contributed by atoms with Gasteiger partial charge in [-0.2, -0.15) is 5.10 Å². The highest BCUT2D eigenvalue weighted by Gasteiger charge is 2.59. The Balaban J connectivity index is 1.42. The van der Waals surface area contributed by atoms with E-state index in [9.17, 15) is 9.90 Å². The second-order valence-electron chi connectivity index (χ2n) is 9.07. The second kappa shape index (κ2) is 8.88. The van der Waals surface area contributed by atoms with Crippen molar-refractivity contribution in [3.63, 3.8) is 0 Å². The van der Waals surface area contributed by atoms with Crippen molar-refractivity contribution < 1.29 is 19.0 Å². The predicted molar refractivity (Wildman–Crippen MR) is 136 cm³/mol. The van der Waals surface area contributed by atoms with Crippen LogP contribution in [0.3, 0.4) is 0 Å². The van der Waals surface area contributed by atoms with Gasteiger partial charge in [0.1, 0.15) is 17.1 Å². The first-order valence-electron chi connectivity index (χ1n) is 11.5. The maximum absolute atomic E-state index is 15.0. The normalized spacial score (nSPS) is 16.7. The maximum Gasteiger partial charge on any atom is 0.256 e. The number of aliphatic hydroxyl groups is 1. The minimum Gasteiger partial charge on any atom is -0.394 e. The minimum atomic E-state index is -0.755. The Kier molecular flexibility index (Phi) is 5.75. The fourth-order valence-corrected chi connectivity index (χ4v) is 6.65. The van der Waals surface area contributed by atoms with Crippen LogP contribution in [0.4, 0.5) is 16.2 Å². The van der Waals surface area contributed by atoms with Gasteiger partial charge in [-0.3, -0.25) is 9.48 Å². The molecule has 3 aromatic heterocycles. The number of nitrogens with zero attached hydrogens (tertiary/aromatic N) is 5. The number of hydrogen-bond donors (Lipinski definition) is 2. The van der Waals surface area contributed by atoms with E-state index in [1.807, 2.05) is 6.07 Å². The van der Waals surface area contributed by atoms with E-state index < -0.39 is 17.4 Å². The Morgan fingerprint density at radius 2 is 2.16 bits per heavy atom. The zero-order valence-corrected chi connectivity index (χ0v) is 21.5. The van der Waals surface area contributed by atoms with Crippen LogP contribution in [0.2, 0.25) is 5.02 Å². The first-order chi connectivity index (χ1) is 17.8. The minimum absolute atomic E-state index is 0.111. The lowest BCUT2D eigenvalue weighted by Crippen LogP contribution is -2.58. The molecule has 190 valence electrons. The van der Waals surface area contributed by atoms with E-state index in [4.69, 9.17) is 16.3 Å². The molecule has 1 amide bonds. The van der Waals surface area contributed by atoms with Crippen LogP contribution in [0, 0.1) is 12.7 Å². The van der Waals surface area contributed by atoms with Crippen molar-refractivity contribution in [3.8, 4) is 10.6 Å². The molecule has 1 atom stereocenters. The van der Waals surface area contributed by atoms with E-state index in [-0.39, 0.29) is 37.4 Å². The lowest BCUT2D eigenvalue weighted by atomic mass is 9.92. The first kappa shape index (κ1) is 24.0. The van der Waals surface area contributed by atoms with Crippen LogP contribution in [-0.2, 0) is 17.3 Å². The molecule has 1 aromatic carbocycles. The van der Waals surface area contributed by atoms with Crippen LogP contribution in [0.1, 0.15) is 32.4 Å². The van der Waals surface area contributed by atoms with Crippen molar-refractivity contribution in [2.24, 2.45) is 7.05 Å². The number of thiophene rings is 1. The van der Waals surface area contributed by atoms with Gasteiger partial charge in [-0.05, 0) is 30.2 Å². The molecule has 0 aliphatic carbocycles. The number of rotatable bonds is 6. The first-order valence-corrected chi connectivity index (χ1v) is 12.7. The Labute approximate surface area is 220 Å². The van der Waals surface area contributed by atoms with Crippen LogP contribution < -0.4 is 5.32 Å². The summed E-state index contributed by atoms with van der Waals surface area (Å²) in [5.41, 5.74) is 1.22. The van der Waals surface area contributed by atoms with Crippen molar-refractivity contribution in [2.75, 3.05) is 25.1 Å². The lowest BCUT2D eigenvalue weighted by Gasteiger charge is -2.48. The molecule has 6 rings (SSSR count). The number of amides is 1. The van der Waals surface area contributed by atoms with Gasteiger partial charge in [0.05, 0.1) is 48.7 Å². The smallest absolute Gasteiger partial charge is 0.256 e. The lowest BCUT2D eigenvalue weighted by molar-refractivity contribution is -0.139. The average molecular weight is 541 g/mol. The van der Waals surface area contributed by atoms with Crippen molar-refractivity contribution >= 4 is 40.6 Å². The summed E-state index contributed by atoms with van der Waals surface area (Å²) >= 11 is 7.53. The monoisotopic (exact) mass is 540 g/mol. The van der Waals surface area contributed by atoms with E-state index in [0.29, 0.717) is 26.8 Å². The van der Waals surface area contributed by atoms with Gasteiger partial charge >= 0.3 is 0 Å². The molecule has 9 nitrogen and oxygen atoms in total. The summed E-state index contributed by atoms with van der Waals surface area (Å²) in [6.07, 6.45) is 2.74. The quantitative estimate of drug-likeness (QED) is 0.377. The molecule has 0 saturated carbocycles. The third kappa shape index (κ3) is 3.64. The summed E-state index contributed by atoms with van der Waals surface area (Å²) in [6.45, 7) is 2.07. The van der Waals surface area contributed by atoms with E-state index in [0.717, 1.165) is 16.6 Å². The zero-order chi connectivity index (χ0) is 25.9. The standard InChI is InChI=1S/C25H22ClFN6O3S/c1-13-19-22(37-21(13)20-16(27)9-28-24(31-20)30-18-6-7-29-32(18)2)25(11-36-12-25)33(23(19)35)17(10-34)14-4-3-5-15(26)8-14/h3-9,17,34H,10-12H2,1-2H3,(H,28,30,31). The largest absolute Gasteiger partial charge is 0.394 e. The number of halogens is 2. The van der Waals surface area contributed by atoms with Crippen LogP contribution >= 0.6 is 22.9 Å². The van der Waals surface area contributed by atoms with Crippen molar-refractivity contribution in [1.82, 2.24) is 24.6 Å². The van der Waals surface area contributed by atoms with Crippen molar-refractivity contribution in [3.05, 3.63) is 75.1 Å². The number of aryl methyl sites for hydroxylation is 1. The van der Waals surface area contributed by atoms with E-state index in [1.165, 1.54) is 11.3 Å². The van der Waals surface area contributed by atoms with Crippen molar-refractivity contribution in [1.29, 1.82) is 0 Å². The molecule has 0 bridgehead atoms. The molecule has 12 heteroatoms. The molecule has 1 fully saturated rings. The van der Waals surface area contributed by atoms with Crippen LogP contribution in [-0.4, -0.2) is 55.5 Å². The molecular formula is C25H22ClFN6O3S. The summed E-state index contributed by atoms with van der Waals surface area (Å²) in [5, 5.41) is 18.0. The molecule has 5 heterocycles. The van der Waals surface area contributed by atoms with Crippen molar-refractivity contribution in [2.45, 2.75) is 18.5 Å². The molecule has 2 N–H and O–H groups in total. The van der Waals surface area contributed by atoms with Gasteiger partial charge in [-0.25, -0.2) is 14.4 Å². The predicted octanol–water partition coefficient (Wildman–Crippen LogP) is 4.20. The highest BCUT2D eigenvalue weighted by molar-refractivity contribution is 7.16. The molecule has 1 spiro atoms. The average Bonchev–Trinajstić information content (AvgIpc) is 3.49. The van der Waals surface area contributed by atoms with E-state index >= 15 is 4.39 Å². The van der Waals surface area contributed by atoms with Gasteiger partial charge in [0.15, 0.2) is 5.82 Å². The van der Waals surface area contributed by atoms with Gasteiger partial charge in [0.25, 0.3) is 5.91 Å². The molecule has 1 saturated heterocycles. The number of carbonyl (C=O) groups is 1. The number of benzene rings is 1. The second-order valence-corrected chi connectivity index (χ2v) is 10.5. The summed E-state index contributed by atoms with van der Waals surface area (Å²) in [4.78, 5) is 25.5. The number of carbonyl (C=O) groups excluding carboxylic acids is 1. The number of anilines is 2. The van der Waals surface area contributed by atoms with Gasteiger partial charge in [-0.1, -0.05) is 23.7 Å². The molecule has 2 aliphatic rings. The fourth-order valence-electron chi connectivity index (χ4n) is 5.00. The number of nitrogens with one attached hydrogen (secondary N) is 1. The molecule has 37 heavy (non-hydrogen) atoms. The van der Waals surface area contributed by atoms with Gasteiger partial charge in [-0.15, -0.1) is 11.3 Å². The van der Waals surface area contributed by atoms with Gasteiger partial charge in [0.2, 0.25) is 5.95 Å². The SMILES string of the molecule is Cc1c(-c2nc(Nc3ccnn3C)ncc2F)sc2c1C(=O)N(C(CO)c1cccc(Cl)c1)C21COC1. The van der Waals surface area contributed by atoms with Crippen LogP contribution in [0.5, 0.6) is 0 Å². The number of fused-ring (bicyclic) bond motifs is 2. The highest BCUT2D eigenvalue weighted by atomic mass is 35.5.